The number of rotatable bonds is 5. The average Bonchev–Trinajstić information content (AvgIpc) is 3.62. The molecule has 1 aliphatic carbocycles. The van der Waals surface area contributed by atoms with Crippen LogP contribution in [0.15, 0.2) is 30.6 Å². The first kappa shape index (κ1) is 26.3. The number of halogens is 4. The molecule has 2 amide bonds. The third kappa shape index (κ3) is 4.94. The number of anilines is 1. The molecule has 2 unspecified atom stereocenters. The van der Waals surface area contributed by atoms with Crippen LogP contribution in [0, 0.1) is 29.5 Å². The third-order valence-electron chi connectivity index (χ3n) is 7.40. The Balaban J connectivity index is 1.38. The number of fused-ring (bicyclic) bond motifs is 1. The molecular formula is C26H25F4N7O2. The van der Waals surface area contributed by atoms with Crippen LogP contribution in [0.3, 0.4) is 0 Å². The molecule has 0 spiro atoms. The summed E-state index contributed by atoms with van der Waals surface area (Å²) in [7, 11) is 0. The van der Waals surface area contributed by atoms with Gasteiger partial charge in [-0.25, -0.2) is 9.07 Å². The largest absolute Gasteiger partial charge is 0.416 e. The first-order chi connectivity index (χ1) is 18.5. The minimum Gasteiger partial charge on any atom is -0.383 e. The molecule has 1 saturated carbocycles. The van der Waals surface area contributed by atoms with Crippen LogP contribution in [0.1, 0.15) is 47.3 Å². The highest BCUT2D eigenvalue weighted by Gasteiger charge is 2.44. The smallest absolute Gasteiger partial charge is 0.383 e. The number of nitrogens with two attached hydrogens (primary N) is 2. The van der Waals surface area contributed by atoms with Crippen LogP contribution < -0.4 is 11.5 Å². The predicted octanol–water partition coefficient (Wildman–Crippen LogP) is 3.07. The summed E-state index contributed by atoms with van der Waals surface area (Å²) in [6.07, 6.45) is -0.405. The zero-order valence-electron chi connectivity index (χ0n) is 20.9. The third-order valence-corrected chi connectivity index (χ3v) is 7.40. The molecule has 204 valence electrons. The Morgan fingerprint density at radius 1 is 1.18 bits per heavy atom. The van der Waals surface area contributed by atoms with Crippen molar-refractivity contribution in [1.29, 1.82) is 0 Å². The molecule has 13 heteroatoms. The molecule has 3 heterocycles. The molecule has 3 aromatic rings. The lowest BCUT2D eigenvalue weighted by Gasteiger charge is -2.18. The second-order valence-corrected chi connectivity index (χ2v) is 9.88. The Morgan fingerprint density at radius 2 is 1.87 bits per heavy atom. The first-order valence-corrected chi connectivity index (χ1v) is 12.2. The second-order valence-electron chi connectivity index (χ2n) is 9.88. The second kappa shape index (κ2) is 9.76. The monoisotopic (exact) mass is 543 g/mol. The van der Waals surface area contributed by atoms with Crippen molar-refractivity contribution in [1.82, 2.24) is 24.5 Å². The van der Waals surface area contributed by atoms with Gasteiger partial charge in [0.1, 0.15) is 22.9 Å². The number of hydrogen-bond acceptors (Lipinski definition) is 5. The lowest BCUT2D eigenvalue weighted by Crippen LogP contribution is -2.29. The van der Waals surface area contributed by atoms with Gasteiger partial charge < -0.3 is 16.4 Å². The maximum atomic E-state index is 14.2. The molecule has 9 nitrogen and oxygen atoms in total. The van der Waals surface area contributed by atoms with Crippen molar-refractivity contribution in [3.8, 4) is 23.1 Å². The minimum absolute atomic E-state index is 0.00637. The number of nitrogen functional groups attached to an aromatic ring is 1. The maximum Gasteiger partial charge on any atom is 0.416 e. The SMILES string of the molecule is CC#CC(=O)N1CC2CC(n3nc(-c4cnn(Cc5cc(C(F)(F)F)ccc5F)c4)c(C(N)=O)c3N)C[C@@H]2C1. The summed E-state index contributed by atoms with van der Waals surface area (Å²) in [5.74, 6) is 3.99. The van der Waals surface area contributed by atoms with Gasteiger partial charge in [-0.15, -0.1) is 0 Å². The Morgan fingerprint density at radius 3 is 2.49 bits per heavy atom. The number of aromatic nitrogens is 4. The highest BCUT2D eigenvalue weighted by Crippen LogP contribution is 2.45. The fraction of sp³-hybridized carbons (Fsp3) is 0.385. The molecule has 0 bridgehead atoms. The van der Waals surface area contributed by atoms with E-state index in [4.69, 9.17) is 11.5 Å². The molecule has 39 heavy (non-hydrogen) atoms. The van der Waals surface area contributed by atoms with E-state index in [1.165, 1.54) is 17.1 Å². The summed E-state index contributed by atoms with van der Waals surface area (Å²) < 4.78 is 56.3. The number of hydrogen-bond donors (Lipinski definition) is 2. The molecule has 3 atom stereocenters. The van der Waals surface area contributed by atoms with Gasteiger partial charge in [-0.2, -0.15) is 23.4 Å². The summed E-state index contributed by atoms with van der Waals surface area (Å²) in [6.45, 7) is 2.52. The molecule has 1 aliphatic heterocycles. The zero-order chi connectivity index (χ0) is 28.1. The van der Waals surface area contributed by atoms with Crippen molar-refractivity contribution in [3.05, 3.63) is 53.1 Å². The van der Waals surface area contributed by atoms with Gasteiger partial charge in [-0.1, -0.05) is 5.92 Å². The number of carbonyl (C=O) groups excluding carboxylic acids is 2. The lowest BCUT2D eigenvalue weighted by molar-refractivity contribution is -0.137. The molecule has 2 aliphatic rings. The van der Waals surface area contributed by atoms with Crippen LogP contribution in [0.25, 0.3) is 11.3 Å². The first-order valence-electron chi connectivity index (χ1n) is 12.2. The van der Waals surface area contributed by atoms with Crippen LogP contribution in [0.5, 0.6) is 0 Å². The normalized spacial score (nSPS) is 20.5. The summed E-state index contributed by atoms with van der Waals surface area (Å²) in [6, 6.07) is 2.06. The molecule has 2 fully saturated rings. The van der Waals surface area contributed by atoms with Gasteiger partial charge in [-0.3, -0.25) is 14.3 Å². The van der Waals surface area contributed by atoms with E-state index in [1.807, 2.05) is 0 Å². The standard InChI is InChI=1S/C26H25F4N7O2/c1-2-3-21(38)35-10-14-7-19(8-15(14)11-35)37-24(31)22(25(32)39)23(34-37)17-9-33-36(13-17)12-16-6-18(26(28,29)30)4-5-20(16)27/h4-6,9,13-15,19H,7-8,10-12,31H2,1H3,(H2,32,39)/t14-,15?,19?/m1/s1. The van der Waals surface area contributed by atoms with Crippen LogP contribution in [-0.2, 0) is 17.5 Å². The number of benzene rings is 1. The maximum absolute atomic E-state index is 14.2. The highest BCUT2D eigenvalue weighted by molar-refractivity contribution is 6.03. The summed E-state index contributed by atoms with van der Waals surface area (Å²) in [5, 5.41) is 8.71. The van der Waals surface area contributed by atoms with E-state index in [9.17, 15) is 27.2 Å². The van der Waals surface area contributed by atoms with E-state index in [2.05, 4.69) is 22.0 Å². The van der Waals surface area contributed by atoms with Crippen LogP contribution in [0.4, 0.5) is 23.4 Å². The van der Waals surface area contributed by atoms with Gasteiger partial charge in [0.25, 0.3) is 11.8 Å². The van der Waals surface area contributed by atoms with Crippen LogP contribution in [-0.4, -0.2) is 49.4 Å². The number of amides is 2. The van der Waals surface area contributed by atoms with Gasteiger partial charge in [0.05, 0.1) is 24.3 Å². The molecule has 0 radical (unpaired) electrons. The average molecular weight is 544 g/mol. The van der Waals surface area contributed by atoms with Crippen molar-refractivity contribution >= 4 is 17.6 Å². The Hall–Kier alpha value is -4.34. The van der Waals surface area contributed by atoms with Gasteiger partial charge in [0.15, 0.2) is 0 Å². The molecular weight excluding hydrogens is 518 g/mol. The van der Waals surface area contributed by atoms with E-state index < -0.39 is 23.5 Å². The van der Waals surface area contributed by atoms with Crippen LogP contribution >= 0.6 is 0 Å². The molecule has 4 N–H and O–H groups in total. The van der Waals surface area contributed by atoms with Gasteiger partial charge in [0, 0.05) is 30.4 Å². The summed E-state index contributed by atoms with van der Waals surface area (Å²) in [5.41, 5.74) is 11.3. The van der Waals surface area contributed by atoms with Gasteiger partial charge >= 0.3 is 6.18 Å². The van der Waals surface area contributed by atoms with E-state index in [-0.39, 0.29) is 53.0 Å². The fourth-order valence-corrected chi connectivity index (χ4v) is 5.61. The van der Waals surface area contributed by atoms with Gasteiger partial charge in [-0.05, 0) is 55.7 Å². The predicted molar refractivity (Wildman–Crippen MR) is 132 cm³/mol. The van der Waals surface area contributed by atoms with Crippen molar-refractivity contribution in [2.75, 3.05) is 18.8 Å². The van der Waals surface area contributed by atoms with E-state index in [0.29, 0.717) is 37.6 Å². The zero-order valence-corrected chi connectivity index (χ0v) is 20.9. The number of primary amides is 1. The quantitative estimate of drug-likeness (QED) is 0.378. The number of alkyl halides is 3. The van der Waals surface area contributed by atoms with E-state index in [0.717, 1.165) is 12.1 Å². The lowest BCUT2D eigenvalue weighted by atomic mass is 10.0. The molecule has 1 saturated heterocycles. The van der Waals surface area contributed by atoms with E-state index >= 15 is 0 Å². The van der Waals surface area contributed by atoms with Crippen molar-refractivity contribution in [2.24, 2.45) is 17.6 Å². The summed E-state index contributed by atoms with van der Waals surface area (Å²) in [4.78, 5) is 26.2. The number of carbonyl (C=O) groups is 2. The highest BCUT2D eigenvalue weighted by atomic mass is 19.4. The van der Waals surface area contributed by atoms with E-state index in [1.54, 1.807) is 16.5 Å². The summed E-state index contributed by atoms with van der Waals surface area (Å²) >= 11 is 0. The topological polar surface area (TPSA) is 125 Å². The van der Waals surface area contributed by atoms with Crippen LogP contribution in [0.2, 0.25) is 0 Å². The molecule has 5 rings (SSSR count). The van der Waals surface area contributed by atoms with Crippen molar-refractivity contribution in [2.45, 2.75) is 38.5 Å². The van der Waals surface area contributed by atoms with Crippen molar-refractivity contribution < 1.29 is 27.2 Å². The Kier molecular flexibility index (Phi) is 6.57. The van der Waals surface area contributed by atoms with Gasteiger partial charge in [0.2, 0.25) is 0 Å². The molecule has 2 aromatic heterocycles. The Labute approximate surface area is 220 Å². The fourth-order valence-electron chi connectivity index (χ4n) is 5.61. The Bertz CT molecular complexity index is 1500. The number of nitrogens with zero attached hydrogens (tertiary/aromatic N) is 5. The van der Waals surface area contributed by atoms with Crippen molar-refractivity contribution in [3.63, 3.8) is 0 Å². The molecule has 1 aromatic carbocycles. The minimum atomic E-state index is -4.62. The number of likely N-dealkylation sites (tertiary alicyclic amines) is 1.